The topological polar surface area (TPSA) is 45.1 Å². The molecule has 4 nitrogen and oxygen atoms in total. The summed E-state index contributed by atoms with van der Waals surface area (Å²) in [5, 5.41) is 12.6. The summed E-state index contributed by atoms with van der Waals surface area (Å²) in [6.07, 6.45) is 0. The Bertz CT molecular complexity index is 350. The first kappa shape index (κ1) is 8.96. The van der Waals surface area contributed by atoms with Crippen LogP contribution in [0, 0.1) is 5.82 Å². The molecule has 0 radical (unpaired) electrons. The van der Waals surface area contributed by atoms with E-state index in [0.29, 0.717) is 5.84 Å². The van der Waals surface area contributed by atoms with Crippen molar-refractivity contribution in [1.82, 2.24) is 0 Å². The second kappa shape index (κ2) is 3.63. The summed E-state index contributed by atoms with van der Waals surface area (Å²) >= 11 is 0. The van der Waals surface area contributed by atoms with Crippen LogP contribution in [0.5, 0.6) is 0 Å². The van der Waals surface area contributed by atoms with Crippen LogP contribution in [-0.4, -0.2) is 24.3 Å². The molecule has 1 aromatic carbocycles. The summed E-state index contributed by atoms with van der Waals surface area (Å²) in [6, 6.07) is 5.91. The number of rotatable bonds is 2. The quantitative estimate of drug-likeness (QED) is 0.765. The Balaban J connectivity index is 2.23. The standard InChI is InChI=1S/C9H9FN2O2/c10-7-1-3-8(4-2-7)12-6-14-11-9(12)5-13/h1-4,13H,5-6H2. The van der Waals surface area contributed by atoms with E-state index in [0.717, 1.165) is 5.69 Å². The number of hydrogen-bond acceptors (Lipinski definition) is 4. The third-order valence-electron chi connectivity index (χ3n) is 1.95. The van der Waals surface area contributed by atoms with Crippen molar-refractivity contribution >= 4 is 11.5 Å². The van der Waals surface area contributed by atoms with E-state index in [1.807, 2.05) is 0 Å². The third-order valence-corrected chi connectivity index (χ3v) is 1.95. The molecule has 0 saturated heterocycles. The summed E-state index contributed by atoms with van der Waals surface area (Å²) in [5.74, 6) is 0.132. The Kier molecular flexibility index (Phi) is 2.32. The molecule has 14 heavy (non-hydrogen) atoms. The van der Waals surface area contributed by atoms with Gasteiger partial charge in [-0.05, 0) is 24.3 Å². The number of anilines is 1. The van der Waals surface area contributed by atoms with Crippen molar-refractivity contribution < 1.29 is 14.3 Å². The van der Waals surface area contributed by atoms with Gasteiger partial charge < -0.3 is 9.94 Å². The van der Waals surface area contributed by atoms with Crippen LogP contribution < -0.4 is 4.90 Å². The van der Waals surface area contributed by atoms with E-state index in [-0.39, 0.29) is 19.2 Å². The molecule has 0 spiro atoms. The van der Waals surface area contributed by atoms with E-state index in [9.17, 15) is 4.39 Å². The molecule has 0 amide bonds. The van der Waals surface area contributed by atoms with Crippen molar-refractivity contribution in [3.8, 4) is 0 Å². The molecule has 0 saturated carbocycles. The fraction of sp³-hybridized carbons (Fsp3) is 0.222. The second-order valence-electron chi connectivity index (χ2n) is 2.83. The van der Waals surface area contributed by atoms with Crippen LogP contribution in [0.3, 0.4) is 0 Å². The van der Waals surface area contributed by atoms with Gasteiger partial charge in [0.1, 0.15) is 12.4 Å². The highest BCUT2D eigenvalue weighted by Gasteiger charge is 2.19. The van der Waals surface area contributed by atoms with Gasteiger partial charge in [0.05, 0.1) is 0 Å². The molecule has 1 heterocycles. The van der Waals surface area contributed by atoms with Crippen LogP contribution in [0.25, 0.3) is 0 Å². The van der Waals surface area contributed by atoms with Crippen LogP contribution in [0.2, 0.25) is 0 Å². The SMILES string of the molecule is OCC1=NOCN1c1ccc(F)cc1. The molecular weight excluding hydrogens is 187 g/mol. The predicted octanol–water partition coefficient (Wildman–Crippen LogP) is 0.926. The van der Waals surface area contributed by atoms with E-state index in [1.54, 1.807) is 17.0 Å². The number of oxime groups is 1. The van der Waals surface area contributed by atoms with Gasteiger partial charge in [-0.25, -0.2) is 4.39 Å². The van der Waals surface area contributed by atoms with Crippen LogP contribution in [0.4, 0.5) is 10.1 Å². The Morgan fingerprint density at radius 1 is 1.43 bits per heavy atom. The largest absolute Gasteiger partial charge is 0.388 e. The van der Waals surface area contributed by atoms with Crippen molar-refractivity contribution in [3.05, 3.63) is 30.1 Å². The zero-order valence-corrected chi connectivity index (χ0v) is 7.35. The Morgan fingerprint density at radius 2 is 2.14 bits per heavy atom. The summed E-state index contributed by atoms with van der Waals surface area (Å²) in [5.41, 5.74) is 0.747. The highest BCUT2D eigenvalue weighted by Crippen LogP contribution is 2.18. The van der Waals surface area contributed by atoms with Gasteiger partial charge >= 0.3 is 0 Å². The van der Waals surface area contributed by atoms with Crippen molar-refractivity contribution in [2.24, 2.45) is 5.16 Å². The molecule has 0 aliphatic carbocycles. The molecule has 1 aliphatic heterocycles. The van der Waals surface area contributed by atoms with Crippen molar-refractivity contribution in [3.63, 3.8) is 0 Å². The highest BCUT2D eigenvalue weighted by atomic mass is 19.1. The van der Waals surface area contributed by atoms with Crippen molar-refractivity contribution in [1.29, 1.82) is 0 Å². The van der Waals surface area contributed by atoms with Crippen molar-refractivity contribution in [2.45, 2.75) is 0 Å². The van der Waals surface area contributed by atoms with Crippen LogP contribution in [0.15, 0.2) is 29.4 Å². The predicted molar refractivity (Wildman–Crippen MR) is 49.4 cm³/mol. The van der Waals surface area contributed by atoms with E-state index in [2.05, 4.69) is 5.16 Å². The molecule has 1 aromatic rings. The smallest absolute Gasteiger partial charge is 0.195 e. The fourth-order valence-electron chi connectivity index (χ4n) is 1.24. The van der Waals surface area contributed by atoms with Gasteiger partial charge in [-0.15, -0.1) is 0 Å². The second-order valence-corrected chi connectivity index (χ2v) is 2.83. The minimum absolute atomic E-state index is 0.197. The van der Waals surface area contributed by atoms with Gasteiger partial charge in [0.15, 0.2) is 12.6 Å². The number of benzene rings is 1. The molecule has 2 rings (SSSR count). The van der Waals surface area contributed by atoms with Gasteiger partial charge in [-0.3, -0.25) is 4.90 Å². The summed E-state index contributed by atoms with van der Waals surface area (Å²) < 4.78 is 12.6. The lowest BCUT2D eigenvalue weighted by atomic mass is 10.3. The van der Waals surface area contributed by atoms with Crippen LogP contribution in [0.1, 0.15) is 0 Å². The average Bonchev–Trinajstić information content (AvgIpc) is 2.67. The molecule has 1 aliphatic rings. The Hall–Kier alpha value is -1.62. The molecule has 0 aromatic heterocycles. The minimum Gasteiger partial charge on any atom is -0.388 e. The zero-order valence-electron chi connectivity index (χ0n) is 7.35. The summed E-state index contributed by atoms with van der Waals surface area (Å²) in [6.45, 7) is 0.0545. The molecule has 0 fully saturated rings. The van der Waals surface area contributed by atoms with E-state index < -0.39 is 0 Å². The van der Waals surface area contributed by atoms with Gasteiger partial charge in [0.2, 0.25) is 0 Å². The first-order valence-electron chi connectivity index (χ1n) is 4.14. The summed E-state index contributed by atoms with van der Waals surface area (Å²) in [7, 11) is 0. The van der Waals surface area contributed by atoms with Gasteiger partial charge in [-0.2, -0.15) is 0 Å². The first-order chi connectivity index (χ1) is 6.81. The lowest BCUT2D eigenvalue weighted by Gasteiger charge is -2.15. The molecule has 1 N–H and O–H groups in total. The van der Waals surface area contributed by atoms with E-state index in [4.69, 9.17) is 9.94 Å². The minimum atomic E-state index is -0.295. The Labute approximate surface area is 80.2 Å². The van der Waals surface area contributed by atoms with Gasteiger partial charge in [0, 0.05) is 5.69 Å². The lowest BCUT2D eigenvalue weighted by Crippen LogP contribution is -2.29. The molecule has 74 valence electrons. The molecule has 0 bridgehead atoms. The van der Waals surface area contributed by atoms with Crippen molar-refractivity contribution in [2.75, 3.05) is 18.2 Å². The molecule has 0 unspecified atom stereocenters. The highest BCUT2D eigenvalue weighted by molar-refractivity contribution is 5.98. The lowest BCUT2D eigenvalue weighted by molar-refractivity contribution is 0.174. The number of aliphatic hydroxyl groups is 1. The van der Waals surface area contributed by atoms with Gasteiger partial charge in [-0.1, -0.05) is 5.16 Å². The normalized spacial score (nSPS) is 15.3. The zero-order chi connectivity index (χ0) is 9.97. The molecular formula is C9H9FN2O2. The van der Waals surface area contributed by atoms with Crippen LogP contribution in [-0.2, 0) is 4.84 Å². The van der Waals surface area contributed by atoms with Crippen LogP contribution >= 0.6 is 0 Å². The maximum Gasteiger partial charge on any atom is 0.195 e. The molecule has 0 atom stereocenters. The number of amidine groups is 1. The number of halogens is 1. The third kappa shape index (κ3) is 1.54. The summed E-state index contributed by atoms with van der Waals surface area (Å²) in [4.78, 5) is 6.47. The first-order valence-corrected chi connectivity index (χ1v) is 4.14. The number of hydrogen-bond donors (Lipinski definition) is 1. The fourth-order valence-corrected chi connectivity index (χ4v) is 1.24. The maximum absolute atomic E-state index is 12.6. The monoisotopic (exact) mass is 196 g/mol. The van der Waals surface area contributed by atoms with Gasteiger partial charge in [0.25, 0.3) is 0 Å². The van der Waals surface area contributed by atoms with E-state index >= 15 is 0 Å². The number of nitrogens with zero attached hydrogens (tertiary/aromatic N) is 2. The van der Waals surface area contributed by atoms with E-state index in [1.165, 1.54) is 12.1 Å². The average molecular weight is 196 g/mol. The Morgan fingerprint density at radius 3 is 2.79 bits per heavy atom. The maximum atomic E-state index is 12.6. The molecule has 5 heteroatoms. The number of aliphatic hydroxyl groups excluding tert-OH is 1.